The molecule has 0 heterocycles. The van der Waals surface area contributed by atoms with Gasteiger partial charge in [0.05, 0.1) is 25.9 Å². The van der Waals surface area contributed by atoms with Crippen molar-refractivity contribution in [2.24, 2.45) is 0 Å². The Balaban J connectivity index is 1.84. The van der Waals surface area contributed by atoms with Crippen LogP contribution in [-0.4, -0.2) is 14.2 Å². The van der Waals surface area contributed by atoms with Crippen molar-refractivity contribution >= 4 is 21.5 Å². The van der Waals surface area contributed by atoms with Gasteiger partial charge < -0.3 is 14.2 Å². The van der Waals surface area contributed by atoms with Crippen molar-refractivity contribution in [2.75, 3.05) is 14.2 Å². The lowest BCUT2D eigenvalue weighted by atomic mass is 9.97. The third-order valence-corrected chi connectivity index (χ3v) is 4.80. The first-order valence-corrected chi connectivity index (χ1v) is 8.93. The monoisotopic (exact) mass is 369 g/mol. The molecule has 4 aromatic rings. The number of fused-ring (bicyclic) bond motifs is 3. The average Bonchev–Trinajstić information content (AvgIpc) is 2.76. The maximum Gasteiger partial charge on any atom is 0.161 e. The second-order valence-electron chi connectivity index (χ2n) is 6.45. The molecule has 0 radical (unpaired) electrons. The fraction of sp³-hybridized carbons (Fsp3) is 0.125. The Kier molecular flexibility index (Phi) is 4.74. The number of methoxy groups -OCH3 is 2. The highest BCUT2D eigenvalue weighted by atomic mass is 16.5. The lowest BCUT2D eigenvalue weighted by Crippen LogP contribution is -1.95. The molecule has 0 amide bonds. The van der Waals surface area contributed by atoms with Gasteiger partial charge >= 0.3 is 0 Å². The fourth-order valence-corrected chi connectivity index (χ4v) is 3.38. The molecule has 4 rings (SSSR count). The topological polar surface area (TPSA) is 51.5 Å². The third kappa shape index (κ3) is 3.19. The molecule has 0 aliphatic heterocycles. The van der Waals surface area contributed by atoms with Crippen LogP contribution in [-0.2, 0) is 6.61 Å². The Hall–Kier alpha value is -3.71. The molecule has 0 saturated carbocycles. The number of nitriles is 1. The van der Waals surface area contributed by atoms with Gasteiger partial charge in [0.1, 0.15) is 12.4 Å². The van der Waals surface area contributed by atoms with Crippen LogP contribution in [0.25, 0.3) is 21.5 Å². The fourth-order valence-electron chi connectivity index (χ4n) is 3.38. The summed E-state index contributed by atoms with van der Waals surface area (Å²) >= 11 is 0. The van der Waals surface area contributed by atoms with Crippen molar-refractivity contribution in [3.05, 3.63) is 77.9 Å². The van der Waals surface area contributed by atoms with Gasteiger partial charge in [0.2, 0.25) is 0 Å². The second kappa shape index (κ2) is 7.50. The van der Waals surface area contributed by atoms with Gasteiger partial charge in [-0.1, -0.05) is 36.4 Å². The smallest absolute Gasteiger partial charge is 0.161 e. The number of nitrogens with zero attached hydrogens (tertiary/aromatic N) is 1. The Bertz CT molecular complexity index is 1190. The molecule has 0 spiro atoms. The highest BCUT2D eigenvalue weighted by Crippen LogP contribution is 2.38. The van der Waals surface area contributed by atoms with Crippen molar-refractivity contribution in [2.45, 2.75) is 6.61 Å². The van der Waals surface area contributed by atoms with Crippen molar-refractivity contribution < 1.29 is 14.2 Å². The van der Waals surface area contributed by atoms with Crippen LogP contribution >= 0.6 is 0 Å². The summed E-state index contributed by atoms with van der Waals surface area (Å²) in [5, 5.41) is 13.3. The first-order chi connectivity index (χ1) is 13.7. The molecule has 0 unspecified atom stereocenters. The molecule has 138 valence electrons. The zero-order valence-corrected chi connectivity index (χ0v) is 15.7. The minimum atomic E-state index is 0.498. The molecule has 4 nitrogen and oxygen atoms in total. The first-order valence-electron chi connectivity index (χ1n) is 8.93. The molecule has 4 heteroatoms. The summed E-state index contributed by atoms with van der Waals surface area (Å²) in [4.78, 5) is 0. The van der Waals surface area contributed by atoms with Gasteiger partial charge in [-0.05, 0) is 52.1 Å². The summed E-state index contributed by atoms with van der Waals surface area (Å²) in [5.41, 5.74) is 1.71. The van der Waals surface area contributed by atoms with E-state index < -0.39 is 0 Å². The zero-order chi connectivity index (χ0) is 19.5. The molecular weight excluding hydrogens is 350 g/mol. The van der Waals surface area contributed by atoms with Crippen molar-refractivity contribution in [3.8, 4) is 23.3 Å². The second-order valence-corrected chi connectivity index (χ2v) is 6.45. The summed E-state index contributed by atoms with van der Waals surface area (Å²) in [6, 6.07) is 23.9. The lowest BCUT2D eigenvalue weighted by molar-refractivity contribution is 0.306. The molecule has 0 fully saturated rings. The molecule has 0 saturated heterocycles. The summed E-state index contributed by atoms with van der Waals surface area (Å²) in [6.07, 6.45) is 0. The molecule has 0 aliphatic carbocycles. The van der Waals surface area contributed by atoms with Crippen LogP contribution in [0.4, 0.5) is 0 Å². The minimum absolute atomic E-state index is 0.498. The normalized spacial score (nSPS) is 10.6. The molecule has 0 aromatic heterocycles. The van der Waals surface area contributed by atoms with Crippen molar-refractivity contribution in [1.29, 1.82) is 5.26 Å². The number of hydrogen-bond donors (Lipinski definition) is 0. The van der Waals surface area contributed by atoms with Gasteiger partial charge in [-0.3, -0.25) is 0 Å². The Morgan fingerprint density at radius 2 is 1.50 bits per heavy atom. The number of hydrogen-bond acceptors (Lipinski definition) is 4. The summed E-state index contributed by atoms with van der Waals surface area (Å²) < 4.78 is 16.9. The number of benzene rings is 4. The van der Waals surface area contributed by atoms with Crippen LogP contribution in [0.1, 0.15) is 11.1 Å². The maximum absolute atomic E-state index is 9.60. The van der Waals surface area contributed by atoms with E-state index in [1.807, 2.05) is 66.7 Å². The standard InChI is InChI=1S/C24H19NO3/c1-26-23-12-21-18(14-25)10-17-8-9-19(28-15-16-6-4-3-5-7-16)11-20(17)22(21)13-24(23)27-2/h3-13H,15H2,1-2H3. The number of ether oxygens (including phenoxy) is 3. The van der Waals surface area contributed by atoms with E-state index in [2.05, 4.69) is 6.07 Å². The van der Waals surface area contributed by atoms with E-state index in [0.29, 0.717) is 23.7 Å². The van der Waals surface area contributed by atoms with Crippen LogP contribution in [0, 0.1) is 11.3 Å². The lowest BCUT2D eigenvalue weighted by Gasteiger charge is -2.13. The Morgan fingerprint density at radius 1 is 0.786 bits per heavy atom. The third-order valence-electron chi connectivity index (χ3n) is 4.80. The molecular formula is C24H19NO3. The SMILES string of the molecule is COc1cc2c(C#N)cc3ccc(OCc4ccccc4)cc3c2cc1OC. The molecule has 0 bridgehead atoms. The predicted octanol–water partition coefficient (Wildman–Crippen LogP) is 5.46. The van der Waals surface area contributed by atoms with Crippen molar-refractivity contribution in [1.82, 2.24) is 0 Å². The minimum Gasteiger partial charge on any atom is -0.493 e. The highest BCUT2D eigenvalue weighted by Gasteiger charge is 2.13. The Morgan fingerprint density at radius 3 is 2.18 bits per heavy atom. The van der Waals surface area contributed by atoms with Gasteiger partial charge in [0, 0.05) is 5.39 Å². The average molecular weight is 369 g/mol. The van der Waals surface area contributed by atoms with Crippen LogP contribution in [0.2, 0.25) is 0 Å². The van der Waals surface area contributed by atoms with Crippen LogP contribution in [0.5, 0.6) is 17.2 Å². The number of rotatable bonds is 5. The van der Waals surface area contributed by atoms with Gasteiger partial charge in [-0.25, -0.2) is 0 Å². The molecule has 28 heavy (non-hydrogen) atoms. The first kappa shape index (κ1) is 17.7. The summed E-state index contributed by atoms with van der Waals surface area (Å²) in [5.74, 6) is 2.00. The van der Waals surface area contributed by atoms with Gasteiger partial charge in [0.15, 0.2) is 11.5 Å². The van der Waals surface area contributed by atoms with Gasteiger partial charge in [-0.2, -0.15) is 5.26 Å². The van der Waals surface area contributed by atoms with E-state index >= 15 is 0 Å². The van der Waals surface area contributed by atoms with E-state index in [-0.39, 0.29) is 0 Å². The van der Waals surface area contributed by atoms with Crippen molar-refractivity contribution in [3.63, 3.8) is 0 Å². The molecule has 0 atom stereocenters. The maximum atomic E-state index is 9.60. The van der Waals surface area contributed by atoms with E-state index in [1.54, 1.807) is 14.2 Å². The van der Waals surface area contributed by atoms with E-state index in [9.17, 15) is 5.26 Å². The quantitative estimate of drug-likeness (QED) is 0.438. The highest BCUT2D eigenvalue weighted by molar-refractivity contribution is 6.11. The Labute approximate surface area is 163 Å². The molecule has 4 aromatic carbocycles. The summed E-state index contributed by atoms with van der Waals surface area (Å²) in [7, 11) is 3.20. The molecule has 0 N–H and O–H groups in total. The largest absolute Gasteiger partial charge is 0.493 e. The zero-order valence-electron chi connectivity index (χ0n) is 15.7. The van der Waals surface area contributed by atoms with E-state index in [0.717, 1.165) is 32.9 Å². The van der Waals surface area contributed by atoms with Gasteiger partial charge in [0.25, 0.3) is 0 Å². The van der Waals surface area contributed by atoms with E-state index in [4.69, 9.17) is 14.2 Å². The summed E-state index contributed by atoms with van der Waals surface area (Å²) in [6.45, 7) is 0.498. The van der Waals surface area contributed by atoms with E-state index in [1.165, 1.54) is 0 Å². The predicted molar refractivity (Wildman–Crippen MR) is 110 cm³/mol. The van der Waals surface area contributed by atoms with Crippen LogP contribution in [0.15, 0.2) is 66.7 Å². The molecule has 0 aliphatic rings. The van der Waals surface area contributed by atoms with Crippen LogP contribution in [0.3, 0.4) is 0 Å². The van der Waals surface area contributed by atoms with Crippen LogP contribution < -0.4 is 14.2 Å². The van der Waals surface area contributed by atoms with Gasteiger partial charge in [-0.15, -0.1) is 0 Å².